The number of hydrogen-bond donors (Lipinski definition) is 2. The second-order valence-electron chi connectivity index (χ2n) is 4.43. The fourth-order valence-corrected chi connectivity index (χ4v) is 2.32. The van der Waals surface area contributed by atoms with Crippen molar-refractivity contribution < 1.29 is 23.8 Å². The minimum Gasteiger partial charge on any atom is -0.467 e. The van der Waals surface area contributed by atoms with Crippen LogP contribution in [0.5, 0.6) is 0 Å². The molecule has 1 atom stereocenters. The van der Waals surface area contributed by atoms with Crippen LogP contribution in [0.15, 0.2) is 27.1 Å². The number of methoxy groups -OCH3 is 1. The zero-order valence-electron chi connectivity index (χ0n) is 11.5. The van der Waals surface area contributed by atoms with E-state index in [1.165, 1.54) is 7.11 Å². The summed E-state index contributed by atoms with van der Waals surface area (Å²) in [6.45, 7) is 1.20. The molecule has 0 spiro atoms. The van der Waals surface area contributed by atoms with Gasteiger partial charge in [0, 0.05) is 15.4 Å². The molecule has 1 aromatic heterocycles. The topological polar surface area (TPSA) is 88.8 Å². The quantitative estimate of drug-likeness (QED) is 0.815. The van der Waals surface area contributed by atoms with Gasteiger partial charge in [-0.2, -0.15) is 0 Å². The van der Waals surface area contributed by atoms with Crippen LogP contribution in [-0.2, 0) is 9.53 Å². The highest BCUT2D eigenvalue weighted by Crippen LogP contribution is 2.28. The Morgan fingerprint density at radius 3 is 2.81 bits per heavy atom. The van der Waals surface area contributed by atoms with Crippen molar-refractivity contribution in [2.75, 3.05) is 13.7 Å². The maximum atomic E-state index is 12.2. The van der Waals surface area contributed by atoms with Gasteiger partial charge in [-0.25, -0.2) is 4.79 Å². The van der Waals surface area contributed by atoms with Crippen LogP contribution in [0.25, 0.3) is 11.0 Å². The molecule has 0 aliphatic heterocycles. The van der Waals surface area contributed by atoms with Crippen molar-refractivity contribution >= 4 is 38.8 Å². The number of benzene rings is 1. The minimum absolute atomic E-state index is 0.102. The van der Waals surface area contributed by atoms with E-state index < -0.39 is 24.5 Å². The van der Waals surface area contributed by atoms with Gasteiger partial charge in [0.15, 0.2) is 11.8 Å². The first kappa shape index (κ1) is 15.5. The van der Waals surface area contributed by atoms with E-state index in [0.29, 0.717) is 11.1 Å². The fraction of sp³-hybridized carbons (Fsp3) is 0.286. The average Bonchev–Trinajstić information content (AvgIpc) is 2.80. The highest BCUT2D eigenvalue weighted by Gasteiger charge is 2.24. The zero-order chi connectivity index (χ0) is 15.6. The Labute approximate surface area is 129 Å². The molecule has 0 aliphatic carbocycles. The van der Waals surface area contributed by atoms with E-state index in [4.69, 9.17) is 9.52 Å². The second kappa shape index (κ2) is 6.28. The summed E-state index contributed by atoms with van der Waals surface area (Å²) in [4.78, 5) is 23.6. The van der Waals surface area contributed by atoms with Crippen molar-refractivity contribution in [3.05, 3.63) is 34.0 Å². The lowest BCUT2D eigenvalue weighted by molar-refractivity contribution is -0.143. The Balaban J connectivity index is 2.31. The molecule has 1 heterocycles. The van der Waals surface area contributed by atoms with Crippen molar-refractivity contribution in [2.45, 2.75) is 13.0 Å². The molecule has 2 N–H and O–H groups in total. The predicted molar refractivity (Wildman–Crippen MR) is 79.0 cm³/mol. The van der Waals surface area contributed by atoms with Crippen molar-refractivity contribution in [1.29, 1.82) is 0 Å². The normalized spacial score (nSPS) is 12.2. The molecular formula is C14H14BrNO5. The number of carbonyl (C=O) groups is 2. The molecule has 0 radical (unpaired) electrons. The van der Waals surface area contributed by atoms with Crippen molar-refractivity contribution in [1.82, 2.24) is 5.32 Å². The summed E-state index contributed by atoms with van der Waals surface area (Å²) in [5.41, 5.74) is 1.23. The van der Waals surface area contributed by atoms with Crippen LogP contribution in [0.4, 0.5) is 0 Å². The van der Waals surface area contributed by atoms with Gasteiger partial charge in [-0.1, -0.05) is 15.9 Å². The summed E-state index contributed by atoms with van der Waals surface area (Å²) >= 11 is 3.36. The summed E-state index contributed by atoms with van der Waals surface area (Å²) in [5, 5.41) is 12.3. The molecule has 112 valence electrons. The van der Waals surface area contributed by atoms with E-state index in [2.05, 4.69) is 26.0 Å². The van der Waals surface area contributed by atoms with Gasteiger partial charge in [-0.05, 0) is 25.1 Å². The first-order valence-corrected chi connectivity index (χ1v) is 6.95. The maximum Gasteiger partial charge on any atom is 0.330 e. The van der Waals surface area contributed by atoms with Gasteiger partial charge in [-0.3, -0.25) is 4.79 Å². The highest BCUT2D eigenvalue weighted by atomic mass is 79.9. The first-order chi connectivity index (χ1) is 9.97. The molecule has 2 rings (SSSR count). The third kappa shape index (κ3) is 3.08. The molecule has 7 heteroatoms. The van der Waals surface area contributed by atoms with E-state index >= 15 is 0 Å². The van der Waals surface area contributed by atoms with E-state index in [1.807, 2.05) is 6.07 Å². The number of carbonyl (C=O) groups excluding carboxylic acids is 2. The number of ether oxygens (including phenoxy) is 1. The Kier molecular flexibility index (Phi) is 4.64. The van der Waals surface area contributed by atoms with Gasteiger partial charge in [0.05, 0.1) is 13.7 Å². The molecule has 1 amide bonds. The zero-order valence-corrected chi connectivity index (χ0v) is 13.1. The number of furan rings is 1. The Hall–Kier alpha value is -1.86. The number of halogens is 1. The SMILES string of the molecule is COC(=O)C(CO)NC(=O)c1oc2ccc(Br)cc2c1C. The van der Waals surface area contributed by atoms with Gasteiger partial charge in [-0.15, -0.1) is 0 Å². The number of aryl methyl sites for hydroxylation is 1. The molecule has 1 aromatic carbocycles. The number of esters is 1. The summed E-state index contributed by atoms with van der Waals surface area (Å²) in [6.07, 6.45) is 0. The van der Waals surface area contributed by atoms with Crippen molar-refractivity contribution in [3.8, 4) is 0 Å². The largest absolute Gasteiger partial charge is 0.467 e. The van der Waals surface area contributed by atoms with Gasteiger partial charge in [0.2, 0.25) is 0 Å². The van der Waals surface area contributed by atoms with E-state index in [1.54, 1.807) is 19.1 Å². The molecule has 0 fully saturated rings. The molecule has 0 saturated carbocycles. The van der Waals surface area contributed by atoms with Crippen LogP contribution in [0.1, 0.15) is 16.1 Å². The van der Waals surface area contributed by atoms with Crippen LogP contribution < -0.4 is 5.32 Å². The number of rotatable bonds is 4. The number of aliphatic hydroxyl groups is 1. The van der Waals surface area contributed by atoms with Crippen molar-refractivity contribution in [3.63, 3.8) is 0 Å². The van der Waals surface area contributed by atoms with Crippen LogP contribution in [0.2, 0.25) is 0 Å². The molecule has 0 aliphatic rings. The lowest BCUT2D eigenvalue weighted by Crippen LogP contribution is -2.44. The average molecular weight is 356 g/mol. The van der Waals surface area contributed by atoms with Crippen LogP contribution >= 0.6 is 15.9 Å². The lowest BCUT2D eigenvalue weighted by Gasteiger charge is -2.12. The molecule has 21 heavy (non-hydrogen) atoms. The standard InChI is InChI=1S/C14H14BrNO5/c1-7-9-5-8(15)3-4-11(9)21-12(7)13(18)16-10(6-17)14(19)20-2/h3-5,10,17H,6H2,1-2H3,(H,16,18). The summed E-state index contributed by atoms with van der Waals surface area (Å²) in [5.74, 6) is -1.20. The number of hydrogen-bond acceptors (Lipinski definition) is 5. The Morgan fingerprint density at radius 1 is 1.48 bits per heavy atom. The van der Waals surface area contributed by atoms with Crippen LogP contribution in [0, 0.1) is 6.92 Å². The highest BCUT2D eigenvalue weighted by molar-refractivity contribution is 9.10. The van der Waals surface area contributed by atoms with E-state index in [9.17, 15) is 9.59 Å². The van der Waals surface area contributed by atoms with Gasteiger partial charge >= 0.3 is 5.97 Å². The van der Waals surface area contributed by atoms with Crippen LogP contribution in [0.3, 0.4) is 0 Å². The summed E-state index contributed by atoms with van der Waals surface area (Å²) in [6, 6.07) is 4.27. The molecule has 6 nitrogen and oxygen atoms in total. The summed E-state index contributed by atoms with van der Waals surface area (Å²) < 4.78 is 10.9. The van der Waals surface area contributed by atoms with E-state index in [-0.39, 0.29) is 5.76 Å². The van der Waals surface area contributed by atoms with Gasteiger partial charge in [0.1, 0.15) is 5.58 Å². The smallest absolute Gasteiger partial charge is 0.330 e. The second-order valence-corrected chi connectivity index (χ2v) is 5.34. The van der Waals surface area contributed by atoms with E-state index in [0.717, 1.165) is 9.86 Å². The third-order valence-corrected chi connectivity index (χ3v) is 3.57. The maximum absolute atomic E-state index is 12.2. The molecular weight excluding hydrogens is 342 g/mol. The van der Waals surface area contributed by atoms with Gasteiger partial charge < -0.3 is 19.6 Å². The third-order valence-electron chi connectivity index (χ3n) is 3.08. The number of fused-ring (bicyclic) bond motifs is 1. The monoisotopic (exact) mass is 355 g/mol. The van der Waals surface area contributed by atoms with Gasteiger partial charge in [0.25, 0.3) is 5.91 Å². The number of amides is 1. The fourth-order valence-electron chi connectivity index (χ4n) is 1.95. The Bertz CT molecular complexity index is 694. The Morgan fingerprint density at radius 2 is 2.19 bits per heavy atom. The molecule has 1 unspecified atom stereocenters. The van der Waals surface area contributed by atoms with Crippen molar-refractivity contribution in [2.24, 2.45) is 0 Å². The molecule has 2 aromatic rings. The number of aliphatic hydroxyl groups excluding tert-OH is 1. The molecule has 0 saturated heterocycles. The lowest BCUT2D eigenvalue weighted by atomic mass is 10.1. The summed E-state index contributed by atoms with van der Waals surface area (Å²) in [7, 11) is 1.18. The van der Waals surface area contributed by atoms with Crippen LogP contribution in [-0.4, -0.2) is 36.7 Å². The molecule has 0 bridgehead atoms. The minimum atomic E-state index is -1.12. The first-order valence-electron chi connectivity index (χ1n) is 6.16. The number of nitrogens with one attached hydrogen (secondary N) is 1. The predicted octanol–water partition coefficient (Wildman–Crippen LogP) is 1.77.